The van der Waals surface area contributed by atoms with Gasteiger partial charge in [0.05, 0.1) is 11.1 Å². The SMILES string of the molecule is c1ccc(-c2ccc(-c3cccc4ccccc34)cc2N(c2ccc3c(c2)C(c2ccccc2)(c2ccccc2)c2ccccc2-3)c2ccc3c(c2)sc2ccccc23)cc1. The van der Waals surface area contributed by atoms with Crippen LogP contribution in [0.2, 0.25) is 0 Å². The summed E-state index contributed by atoms with van der Waals surface area (Å²) in [5.41, 5.74) is 15.2. The van der Waals surface area contributed by atoms with E-state index in [1.165, 1.54) is 86.6 Å². The standard InChI is InChI=1S/C59H39NS/c1-4-17-41(18-5-1)49-34-31-42(48-28-16-20-40-19-10-11-25-47(40)48)37-56(49)60(46-33-36-53-52-27-13-15-30-57(52)61-58(53)39-46)45-32-35-51-50-26-12-14-29-54(50)59(55(51)38-45,43-21-6-2-7-22-43)44-23-8-3-9-24-44/h1-39H. The monoisotopic (exact) mass is 793 g/mol. The van der Waals surface area contributed by atoms with E-state index >= 15 is 0 Å². The maximum absolute atomic E-state index is 2.52. The van der Waals surface area contributed by atoms with E-state index in [4.69, 9.17) is 0 Å². The van der Waals surface area contributed by atoms with E-state index < -0.39 is 5.41 Å². The number of hydrogen-bond donors (Lipinski definition) is 0. The maximum atomic E-state index is 2.52. The van der Waals surface area contributed by atoms with Crippen LogP contribution in [0.15, 0.2) is 237 Å². The van der Waals surface area contributed by atoms with Crippen LogP contribution in [-0.2, 0) is 5.41 Å². The Bertz CT molecular complexity index is 3380. The summed E-state index contributed by atoms with van der Waals surface area (Å²) >= 11 is 1.86. The van der Waals surface area contributed by atoms with E-state index in [9.17, 15) is 0 Å². The first-order chi connectivity index (χ1) is 30.3. The van der Waals surface area contributed by atoms with Crippen molar-refractivity contribution in [3.8, 4) is 33.4 Å². The van der Waals surface area contributed by atoms with Crippen molar-refractivity contribution in [1.29, 1.82) is 0 Å². The molecule has 1 aliphatic rings. The topological polar surface area (TPSA) is 3.24 Å². The normalized spacial score (nSPS) is 12.7. The number of fused-ring (bicyclic) bond motifs is 7. The highest BCUT2D eigenvalue weighted by Gasteiger charge is 2.46. The molecule has 0 saturated heterocycles. The van der Waals surface area contributed by atoms with E-state index in [0.29, 0.717) is 0 Å². The van der Waals surface area contributed by atoms with Crippen molar-refractivity contribution >= 4 is 59.3 Å². The Hall–Kier alpha value is -7.52. The molecule has 2 heteroatoms. The zero-order valence-electron chi connectivity index (χ0n) is 33.4. The molecule has 0 bridgehead atoms. The van der Waals surface area contributed by atoms with Gasteiger partial charge < -0.3 is 4.90 Å². The number of nitrogens with zero attached hydrogens (tertiary/aromatic N) is 1. The van der Waals surface area contributed by atoms with Crippen molar-refractivity contribution in [2.75, 3.05) is 4.90 Å². The summed E-state index contributed by atoms with van der Waals surface area (Å²) in [6.45, 7) is 0. The summed E-state index contributed by atoms with van der Waals surface area (Å²) in [6, 6.07) is 87.5. The Morgan fingerprint density at radius 1 is 0.328 bits per heavy atom. The minimum atomic E-state index is -0.529. The summed E-state index contributed by atoms with van der Waals surface area (Å²) in [4.78, 5) is 2.52. The number of hydrogen-bond acceptors (Lipinski definition) is 2. The molecule has 0 saturated carbocycles. The van der Waals surface area contributed by atoms with Gasteiger partial charge in [0.15, 0.2) is 0 Å². The van der Waals surface area contributed by atoms with Gasteiger partial charge in [-0.05, 0) is 97.2 Å². The molecule has 1 aliphatic carbocycles. The minimum absolute atomic E-state index is 0.529. The van der Waals surface area contributed by atoms with Crippen molar-refractivity contribution in [3.05, 3.63) is 259 Å². The average Bonchev–Trinajstić information content (AvgIpc) is 3.85. The van der Waals surface area contributed by atoms with Crippen LogP contribution in [0.5, 0.6) is 0 Å². The van der Waals surface area contributed by atoms with E-state index in [0.717, 1.165) is 17.1 Å². The summed E-state index contributed by atoms with van der Waals surface area (Å²) in [5, 5.41) is 5.06. The number of thiophene rings is 1. The van der Waals surface area contributed by atoms with Gasteiger partial charge >= 0.3 is 0 Å². The lowest BCUT2D eigenvalue weighted by molar-refractivity contribution is 0.768. The molecule has 61 heavy (non-hydrogen) atoms. The highest BCUT2D eigenvalue weighted by molar-refractivity contribution is 7.25. The second kappa shape index (κ2) is 14.3. The zero-order chi connectivity index (χ0) is 40.3. The van der Waals surface area contributed by atoms with E-state index in [1.54, 1.807) is 0 Å². The Balaban J connectivity index is 1.17. The van der Waals surface area contributed by atoms with Gasteiger partial charge in [-0.1, -0.05) is 200 Å². The lowest BCUT2D eigenvalue weighted by atomic mass is 9.67. The molecule has 0 amide bonds. The molecule has 286 valence electrons. The van der Waals surface area contributed by atoms with Gasteiger partial charge in [-0.25, -0.2) is 0 Å². The molecule has 1 heterocycles. The van der Waals surface area contributed by atoms with Crippen molar-refractivity contribution in [2.24, 2.45) is 0 Å². The lowest BCUT2D eigenvalue weighted by Crippen LogP contribution is -2.28. The fraction of sp³-hybridized carbons (Fsp3) is 0.0169. The molecule has 1 aromatic heterocycles. The largest absolute Gasteiger partial charge is 0.310 e. The van der Waals surface area contributed by atoms with Gasteiger partial charge in [-0.3, -0.25) is 0 Å². The highest BCUT2D eigenvalue weighted by atomic mass is 32.1. The summed E-state index contributed by atoms with van der Waals surface area (Å²) in [6.07, 6.45) is 0. The number of anilines is 3. The van der Waals surface area contributed by atoms with Gasteiger partial charge in [0.2, 0.25) is 0 Å². The van der Waals surface area contributed by atoms with Gasteiger partial charge in [0, 0.05) is 37.1 Å². The zero-order valence-corrected chi connectivity index (χ0v) is 34.2. The fourth-order valence-corrected chi connectivity index (χ4v) is 11.2. The van der Waals surface area contributed by atoms with Crippen LogP contribution >= 0.6 is 11.3 Å². The first-order valence-corrected chi connectivity index (χ1v) is 21.8. The van der Waals surface area contributed by atoms with Crippen LogP contribution in [0.1, 0.15) is 22.3 Å². The Kier molecular flexibility index (Phi) is 8.33. The molecule has 0 fully saturated rings. The van der Waals surface area contributed by atoms with Crippen molar-refractivity contribution < 1.29 is 0 Å². The maximum Gasteiger partial charge on any atom is 0.0714 e. The fourth-order valence-electron chi connectivity index (χ4n) is 10.1. The van der Waals surface area contributed by atoms with Gasteiger partial charge in [-0.15, -0.1) is 11.3 Å². The molecule has 0 aliphatic heterocycles. The Morgan fingerprint density at radius 3 is 1.70 bits per heavy atom. The molecule has 1 nitrogen and oxygen atoms in total. The molecule has 11 aromatic rings. The van der Waals surface area contributed by atoms with Crippen LogP contribution < -0.4 is 4.90 Å². The van der Waals surface area contributed by atoms with Crippen LogP contribution in [0.25, 0.3) is 64.3 Å². The molecule has 0 N–H and O–H groups in total. The highest BCUT2D eigenvalue weighted by Crippen LogP contribution is 2.57. The van der Waals surface area contributed by atoms with Crippen LogP contribution in [0, 0.1) is 0 Å². The van der Waals surface area contributed by atoms with Crippen molar-refractivity contribution in [3.63, 3.8) is 0 Å². The van der Waals surface area contributed by atoms with E-state index in [2.05, 4.69) is 241 Å². The average molecular weight is 794 g/mol. The Morgan fingerprint density at radius 2 is 0.902 bits per heavy atom. The van der Waals surface area contributed by atoms with Crippen LogP contribution in [0.4, 0.5) is 17.1 Å². The second-order valence-corrected chi connectivity index (χ2v) is 17.1. The first kappa shape index (κ1) is 35.4. The predicted molar refractivity (Wildman–Crippen MR) is 260 cm³/mol. The van der Waals surface area contributed by atoms with Crippen LogP contribution in [-0.4, -0.2) is 0 Å². The number of rotatable bonds is 7. The lowest BCUT2D eigenvalue weighted by Gasteiger charge is -2.35. The van der Waals surface area contributed by atoms with Gasteiger partial charge in [0.25, 0.3) is 0 Å². The molecule has 10 aromatic carbocycles. The third-order valence-corrected chi connectivity index (χ3v) is 13.9. The molecule has 0 unspecified atom stereocenters. The van der Waals surface area contributed by atoms with Gasteiger partial charge in [-0.2, -0.15) is 0 Å². The Labute approximate surface area is 360 Å². The number of benzene rings is 10. The summed E-state index contributed by atoms with van der Waals surface area (Å²) < 4.78 is 2.57. The molecular formula is C59H39NS. The van der Waals surface area contributed by atoms with E-state index in [1.807, 2.05) is 11.3 Å². The summed E-state index contributed by atoms with van der Waals surface area (Å²) in [7, 11) is 0. The quantitative estimate of drug-likeness (QED) is 0.155. The van der Waals surface area contributed by atoms with Crippen molar-refractivity contribution in [2.45, 2.75) is 5.41 Å². The second-order valence-electron chi connectivity index (χ2n) is 16.0. The van der Waals surface area contributed by atoms with Crippen molar-refractivity contribution in [1.82, 2.24) is 0 Å². The predicted octanol–water partition coefficient (Wildman–Crippen LogP) is 16.4. The molecule has 0 radical (unpaired) electrons. The third-order valence-electron chi connectivity index (χ3n) is 12.7. The van der Waals surface area contributed by atoms with Crippen LogP contribution in [0.3, 0.4) is 0 Å². The first-order valence-electron chi connectivity index (χ1n) is 21.0. The van der Waals surface area contributed by atoms with Gasteiger partial charge in [0.1, 0.15) is 0 Å². The molecule has 12 rings (SSSR count). The molecule has 0 atom stereocenters. The molecular weight excluding hydrogens is 755 g/mol. The minimum Gasteiger partial charge on any atom is -0.310 e. The smallest absolute Gasteiger partial charge is 0.0714 e. The van der Waals surface area contributed by atoms with E-state index in [-0.39, 0.29) is 0 Å². The summed E-state index contributed by atoms with van der Waals surface area (Å²) in [5.74, 6) is 0. The molecule has 0 spiro atoms. The third kappa shape index (κ3) is 5.60.